The fraction of sp³-hybridized carbons (Fsp3) is 0.0952. The molecule has 4 aromatic rings. The molecule has 144 valence electrons. The molecule has 29 heavy (non-hydrogen) atoms. The zero-order valence-electron chi connectivity index (χ0n) is 15.6. The van der Waals surface area contributed by atoms with Crippen LogP contribution in [0.25, 0.3) is 28.3 Å². The van der Waals surface area contributed by atoms with E-state index in [1.165, 1.54) is 36.9 Å². The summed E-state index contributed by atoms with van der Waals surface area (Å²) in [6, 6.07) is 12.7. The number of halogens is 1. The number of fused-ring (bicyclic) bond motifs is 1. The Morgan fingerprint density at radius 3 is 2.55 bits per heavy atom. The molecule has 7 nitrogen and oxygen atoms in total. The van der Waals surface area contributed by atoms with Crippen LogP contribution in [0.4, 0.5) is 4.39 Å². The van der Waals surface area contributed by atoms with E-state index in [-0.39, 0.29) is 22.9 Å². The van der Waals surface area contributed by atoms with Crippen LogP contribution in [-0.2, 0) is 0 Å². The van der Waals surface area contributed by atoms with Gasteiger partial charge in [-0.05, 0) is 42.5 Å². The van der Waals surface area contributed by atoms with E-state index in [4.69, 9.17) is 9.47 Å². The summed E-state index contributed by atoms with van der Waals surface area (Å²) in [5.74, 6) is 0.864. The van der Waals surface area contributed by atoms with Gasteiger partial charge in [-0.25, -0.2) is 13.8 Å². The monoisotopic (exact) mass is 390 g/mol. The van der Waals surface area contributed by atoms with Crippen molar-refractivity contribution in [3.63, 3.8) is 0 Å². The molecule has 2 aromatic heterocycles. The summed E-state index contributed by atoms with van der Waals surface area (Å²) in [4.78, 5) is 20.5. The number of ether oxygens (including phenoxy) is 2. The van der Waals surface area contributed by atoms with Crippen molar-refractivity contribution in [2.24, 2.45) is 0 Å². The minimum absolute atomic E-state index is 0.106. The molecule has 0 saturated heterocycles. The van der Waals surface area contributed by atoms with E-state index in [9.17, 15) is 14.4 Å². The number of nitriles is 1. The smallest absolute Gasteiger partial charge is 0.278 e. The Morgan fingerprint density at radius 2 is 1.90 bits per heavy atom. The van der Waals surface area contributed by atoms with Crippen LogP contribution < -0.4 is 15.0 Å². The first-order valence-corrected chi connectivity index (χ1v) is 8.59. The zero-order valence-corrected chi connectivity index (χ0v) is 15.6. The molecule has 8 heteroatoms. The van der Waals surface area contributed by atoms with Crippen LogP contribution in [-0.4, -0.2) is 28.6 Å². The number of rotatable bonds is 4. The minimum Gasteiger partial charge on any atom is -0.497 e. The molecule has 4 rings (SSSR count). The first kappa shape index (κ1) is 18.3. The van der Waals surface area contributed by atoms with Gasteiger partial charge < -0.3 is 14.5 Å². The average molecular weight is 390 g/mol. The Hall–Kier alpha value is -4.12. The predicted molar refractivity (Wildman–Crippen MR) is 104 cm³/mol. The first-order valence-electron chi connectivity index (χ1n) is 8.59. The van der Waals surface area contributed by atoms with E-state index in [1.54, 1.807) is 30.3 Å². The van der Waals surface area contributed by atoms with E-state index < -0.39 is 5.56 Å². The molecule has 0 aliphatic rings. The third-order valence-corrected chi connectivity index (χ3v) is 4.59. The summed E-state index contributed by atoms with van der Waals surface area (Å²) < 4.78 is 25.2. The second-order valence-electron chi connectivity index (χ2n) is 6.17. The maximum atomic E-state index is 13.3. The Labute approximate surface area is 164 Å². The Morgan fingerprint density at radius 1 is 1.14 bits per heavy atom. The third-order valence-electron chi connectivity index (χ3n) is 4.59. The van der Waals surface area contributed by atoms with Crippen LogP contribution in [0.1, 0.15) is 5.56 Å². The molecule has 0 radical (unpaired) electrons. The van der Waals surface area contributed by atoms with Crippen LogP contribution in [0.15, 0.2) is 53.5 Å². The van der Waals surface area contributed by atoms with Gasteiger partial charge in [0, 0.05) is 11.1 Å². The molecule has 0 saturated carbocycles. The predicted octanol–water partition coefficient (Wildman–Crippen LogP) is 3.38. The highest BCUT2D eigenvalue weighted by Gasteiger charge is 2.20. The van der Waals surface area contributed by atoms with Gasteiger partial charge in [-0.2, -0.15) is 5.26 Å². The van der Waals surface area contributed by atoms with Crippen molar-refractivity contribution in [1.29, 1.82) is 5.26 Å². The minimum atomic E-state index is -0.544. The third kappa shape index (κ3) is 2.99. The molecule has 0 fully saturated rings. The molecular weight excluding hydrogens is 375 g/mol. The van der Waals surface area contributed by atoms with Crippen molar-refractivity contribution in [1.82, 2.24) is 14.4 Å². The summed E-state index contributed by atoms with van der Waals surface area (Å²) in [5, 5.41) is 9.72. The standard InChI is InChI=1S/C21H15FN4O3/c1-28-14-7-8-18(29-2)15(9-14)19-16(10-23)20(27)26-17(11-24-21(26)25-19)12-3-5-13(22)6-4-12/h3-9,11H,1-2H3,(H,24,25). The zero-order chi connectivity index (χ0) is 20.5. The number of H-pyrrole nitrogens is 1. The topological polar surface area (TPSA) is 92.4 Å². The number of hydrogen-bond acceptors (Lipinski definition) is 5. The maximum absolute atomic E-state index is 13.3. The molecule has 0 aliphatic carbocycles. The van der Waals surface area contributed by atoms with Crippen LogP contribution in [0, 0.1) is 17.1 Å². The van der Waals surface area contributed by atoms with Gasteiger partial charge in [0.1, 0.15) is 28.9 Å². The van der Waals surface area contributed by atoms with Crippen LogP contribution in [0.5, 0.6) is 11.5 Å². The normalized spacial score (nSPS) is 10.7. The Kier molecular flexibility index (Phi) is 4.49. The molecule has 0 amide bonds. The van der Waals surface area contributed by atoms with Crippen molar-refractivity contribution in [3.8, 4) is 40.1 Å². The fourth-order valence-corrected chi connectivity index (χ4v) is 3.18. The SMILES string of the molecule is COc1ccc(OC)c(-c2[nH]c3ncc(-c4ccc(F)cc4)n3c(=O)c2C#N)c1. The summed E-state index contributed by atoms with van der Waals surface area (Å²) in [7, 11) is 3.02. The van der Waals surface area contributed by atoms with Gasteiger partial charge in [0.2, 0.25) is 5.78 Å². The van der Waals surface area contributed by atoms with E-state index in [0.717, 1.165) is 0 Å². The summed E-state index contributed by atoms with van der Waals surface area (Å²) in [6.07, 6.45) is 1.49. The van der Waals surface area contributed by atoms with Crippen LogP contribution >= 0.6 is 0 Å². The van der Waals surface area contributed by atoms with Gasteiger partial charge >= 0.3 is 0 Å². The molecule has 0 unspecified atom stereocenters. The number of benzene rings is 2. The number of aromatic amines is 1. The molecule has 0 atom stereocenters. The molecule has 0 spiro atoms. The highest BCUT2D eigenvalue weighted by atomic mass is 19.1. The van der Waals surface area contributed by atoms with Crippen molar-refractivity contribution in [2.75, 3.05) is 14.2 Å². The molecule has 2 aromatic carbocycles. The van der Waals surface area contributed by atoms with Crippen LogP contribution in [0.2, 0.25) is 0 Å². The number of hydrogen-bond donors (Lipinski definition) is 1. The highest BCUT2D eigenvalue weighted by molar-refractivity contribution is 5.75. The number of imidazole rings is 1. The average Bonchev–Trinajstić information content (AvgIpc) is 3.18. The molecule has 2 heterocycles. The molecular formula is C21H15FN4O3. The van der Waals surface area contributed by atoms with E-state index >= 15 is 0 Å². The van der Waals surface area contributed by atoms with E-state index in [1.807, 2.05) is 6.07 Å². The van der Waals surface area contributed by atoms with Crippen molar-refractivity contribution in [2.45, 2.75) is 0 Å². The summed E-state index contributed by atoms with van der Waals surface area (Å²) >= 11 is 0. The molecule has 1 N–H and O–H groups in total. The first-order chi connectivity index (χ1) is 14.1. The van der Waals surface area contributed by atoms with Gasteiger partial charge in [-0.3, -0.25) is 4.79 Å². The van der Waals surface area contributed by atoms with Gasteiger partial charge in [-0.15, -0.1) is 0 Å². The van der Waals surface area contributed by atoms with Gasteiger partial charge in [-0.1, -0.05) is 0 Å². The van der Waals surface area contributed by atoms with E-state index in [0.29, 0.717) is 28.3 Å². The van der Waals surface area contributed by atoms with Crippen molar-refractivity contribution in [3.05, 3.63) is 70.4 Å². The van der Waals surface area contributed by atoms with Crippen LogP contribution in [0.3, 0.4) is 0 Å². The largest absolute Gasteiger partial charge is 0.497 e. The lowest BCUT2D eigenvalue weighted by molar-refractivity contribution is 0.404. The van der Waals surface area contributed by atoms with Gasteiger partial charge in [0.15, 0.2) is 0 Å². The van der Waals surface area contributed by atoms with Crippen molar-refractivity contribution >= 4 is 5.78 Å². The van der Waals surface area contributed by atoms with Gasteiger partial charge in [0.05, 0.1) is 31.8 Å². The number of nitrogens with one attached hydrogen (secondary N) is 1. The number of nitrogens with zero attached hydrogens (tertiary/aromatic N) is 3. The number of aromatic nitrogens is 3. The number of methoxy groups -OCH3 is 2. The Balaban J connectivity index is 2.01. The maximum Gasteiger partial charge on any atom is 0.278 e. The Bertz CT molecular complexity index is 1320. The lowest BCUT2D eigenvalue weighted by atomic mass is 10.1. The quantitative estimate of drug-likeness (QED) is 0.577. The summed E-state index contributed by atoms with van der Waals surface area (Å²) in [5.41, 5.74) is 1.16. The lowest BCUT2D eigenvalue weighted by Crippen LogP contribution is -2.19. The lowest BCUT2D eigenvalue weighted by Gasteiger charge is -2.12. The van der Waals surface area contributed by atoms with E-state index in [2.05, 4.69) is 9.97 Å². The second-order valence-corrected chi connectivity index (χ2v) is 6.17. The fourth-order valence-electron chi connectivity index (χ4n) is 3.18. The highest BCUT2D eigenvalue weighted by Crippen LogP contribution is 2.34. The second kappa shape index (κ2) is 7.13. The molecule has 0 aliphatic heterocycles. The summed E-state index contributed by atoms with van der Waals surface area (Å²) in [6.45, 7) is 0. The van der Waals surface area contributed by atoms with Crippen molar-refractivity contribution < 1.29 is 13.9 Å². The molecule has 0 bridgehead atoms. The van der Waals surface area contributed by atoms with Gasteiger partial charge in [0.25, 0.3) is 5.56 Å².